The highest BCUT2D eigenvalue weighted by atomic mass is 79.9. The fraction of sp³-hybridized carbons (Fsp3) is 0.200. The van der Waals surface area contributed by atoms with E-state index in [-0.39, 0.29) is 22.9 Å². The van der Waals surface area contributed by atoms with Crippen LogP contribution in [0.5, 0.6) is 0 Å². The first-order chi connectivity index (χ1) is 14.4. The standard InChI is InChI=1S/C20H17BrN2O6S/c1-3-27-20(26)16-15(12-7-5-4-6-8-12)17(21)30-18(16)22-14(24)10-28-19(25)13-9-11(2)23-29-13/h4-9H,3,10H2,1-2H3,(H,22,24). The molecular formula is C20H17BrN2O6S. The molecule has 0 saturated heterocycles. The summed E-state index contributed by atoms with van der Waals surface area (Å²) in [6.45, 7) is 2.98. The lowest BCUT2D eigenvalue weighted by atomic mass is 10.0. The number of benzene rings is 1. The van der Waals surface area contributed by atoms with Crippen LogP contribution in [-0.2, 0) is 14.3 Å². The maximum atomic E-state index is 12.6. The summed E-state index contributed by atoms with van der Waals surface area (Å²) in [5.41, 5.74) is 2.15. The van der Waals surface area contributed by atoms with Crippen molar-refractivity contribution in [3.8, 4) is 11.1 Å². The minimum Gasteiger partial charge on any atom is -0.462 e. The van der Waals surface area contributed by atoms with Crippen molar-refractivity contribution in [3.63, 3.8) is 0 Å². The third-order valence-electron chi connectivity index (χ3n) is 3.82. The van der Waals surface area contributed by atoms with Crippen molar-refractivity contribution >= 4 is 50.1 Å². The molecule has 1 amide bonds. The summed E-state index contributed by atoms with van der Waals surface area (Å²) in [6, 6.07) is 10.7. The number of aryl methyl sites for hydroxylation is 1. The third kappa shape index (κ3) is 4.95. The van der Waals surface area contributed by atoms with Crippen LogP contribution in [0.15, 0.2) is 44.7 Å². The molecule has 1 aromatic carbocycles. The van der Waals surface area contributed by atoms with Gasteiger partial charge in [-0.2, -0.15) is 0 Å². The van der Waals surface area contributed by atoms with Gasteiger partial charge in [-0.15, -0.1) is 11.3 Å². The van der Waals surface area contributed by atoms with E-state index in [1.54, 1.807) is 13.8 Å². The first-order valence-corrected chi connectivity index (χ1v) is 10.5. The average molecular weight is 493 g/mol. The first kappa shape index (κ1) is 21.7. The molecule has 3 rings (SSSR count). The van der Waals surface area contributed by atoms with Crippen LogP contribution in [0.3, 0.4) is 0 Å². The Morgan fingerprint density at radius 3 is 2.53 bits per heavy atom. The van der Waals surface area contributed by atoms with Gasteiger partial charge in [0.2, 0.25) is 5.76 Å². The molecule has 2 aromatic heterocycles. The second-order valence-corrected chi connectivity index (χ2v) is 8.34. The number of carbonyl (C=O) groups excluding carboxylic acids is 3. The number of thiophene rings is 1. The normalized spacial score (nSPS) is 10.5. The molecular weight excluding hydrogens is 476 g/mol. The number of nitrogens with one attached hydrogen (secondary N) is 1. The summed E-state index contributed by atoms with van der Waals surface area (Å²) in [6.07, 6.45) is 0. The Balaban J connectivity index is 1.80. The molecule has 0 aliphatic rings. The molecule has 0 unspecified atom stereocenters. The molecule has 156 valence electrons. The number of anilines is 1. The number of hydrogen-bond acceptors (Lipinski definition) is 8. The highest BCUT2D eigenvalue weighted by molar-refractivity contribution is 9.11. The fourth-order valence-corrected chi connectivity index (χ4v) is 4.44. The van der Waals surface area contributed by atoms with Crippen molar-refractivity contribution in [2.75, 3.05) is 18.5 Å². The zero-order chi connectivity index (χ0) is 21.7. The Kier molecular flexibility index (Phi) is 7.01. The first-order valence-electron chi connectivity index (χ1n) is 8.85. The third-order valence-corrected chi connectivity index (χ3v) is 5.60. The van der Waals surface area contributed by atoms with E-state index in [1.807, 2.05) is 30.3 Å². The number of nitrogens with zero attached hydrogens (tertiary/aromatic N) is 1. The van der Waals surface area contributed by atoms with Crippen LogP contribution in [-0.4, -0.2) is 36.2 Å². The SMILES string of the molecule is CCOC(=O)c1c(NC(=O)COC(=O)c2cc(C)no2)sc(Br)c1-c1ccccc1. The van der Waals surface area contributed by atoms with Crippen molar-refractivity contribution in [1.29, 1.82) is 0 Å². The molecule has 0 aliphatic carbocycles. The summed E-state index contributed by atoms with van der Waals surface area (Å²) in [5.74, 6) is -2.09. The number of aromatic nitrogens is 1. The van der Waals surface area contributed by atoms with Crippen molar-refractivity contribution in [2.24, 2.45) is 0 Å². The summed E-state index contributed by atoms with van der Waals surface area (Å²) in [4.78, 5) is 36.9. The minimum atomic E-state index is -0.811. The molecule has 0 aliphatic heterocycles. The van der Waals surface area contributed by atoms with Crippen LogP contribution in [0.1, 0.15) is 33.5 Å². The van der Waals surface area contributed by atoms with E-state index >= 15 is 0 Å². The van der Waals surface area contributed by atoms with Gasteiger partial charge in [0.15, 0.2) is 6.61 Å². The molecule has 0 radical (unpaired) electrons. The van der Waals surface area contributed by atoms with E-state index < -0.39 is 24.5 Å². The molecule has 10 heteroatoms. The van der Waals surface area contributed by atoms with Crippen molar-refractivity contribution < 1.29 is 28.4 Å². The average Bonchev–Trinajstić information content (AvgIpc) is 3.30. The van der Waals surface area contributed by atoms with Crippen molar-refractivity contribution in [2.45, 2.75) is 13.8 Å². The zero-order valence-corrected chi connectivity index (χ0v) is 18.5. The zero-order valence-electron chi connectivity index (χ0n) is 16.1. The van der Waals surface area contributed by atoms with Crippen LogP contribution in [0.4, 0.5) is 5.00 Å². The highest BCUT2D eigenvalue weighted by Gasteiger charge is 2.26. The fourth-order valence-electron chi connectivity index (χ4n) is 2.58. The van der Waals surface area contributed by atoms with E-state index in [1.165, 1.54) is 17.4 Å². The molecule has 0 fully saturated rings. The number of amides is 1. The van der Waals surface area contributed by atoms with Crippen LogP contribution in [0.25, 0.3) is 11.1 Å². The van der Waals surface area contributed by atoms with E-state index in [2.05, 4.69) is 26.4 Å². The van der Waals surface area contributed by atoms with E-state index in [9.17, 15) is 14.4 Å². The Morgan fingerprint density at radius 1 is 1.17 bits per heavy atom. The van der Waals surface area contributed by atoms with Gasteiger partial charge in [-0.1, -0.05) is 35.5 Å². The Morgan fingerprint density at radius 2 is 1.90 bits per heavy atom. The number of rotatable bonds is 7. The number of carbonyl (C=O) groups is 3. The molecule has 1 N–H and O–H groups in total. The summed E-state index contributed by atoms with van der Waals surface area (Å²) < 4.78 is 15.6. The molecule has 0 saturated carbocycles. The molecule has 0 bridgehead atoms. The molecule has 2 heterocycles. The van der Waals surface area contributed by atoms with Crippen molar-refractivity contribution in [3.05, 3.63) is 57.2 Å². The van der Waals surface area contributed by atoms with E-state index in [0.29, 0.717) is 15.0 Å². The van der Waals surface area contributed by atoms with E-state index in [0.717, 1.165) is 5.56 Å². The Labute approximate surface area is 184 Å². The topological polar surface area (TPSA) is 108 Å². The summed E-state index contributed by atoms with van der Waals surface area (Å²) in [7, 11) is 0. The summed E-state index contributed by atoms with van der Waals surface area (Å²) >= 11 is 4.63. The molecule has 0 atom stereocenters. The van der Waals surface area contributed by atoms with Gasteiger partial charge >= 0.3 is 11.9 Å². The second kappa shape index (κ2) is 9.68. The largest absolute Gasteiger partial charge is 0.462 e. The monoisotopic (exact) mass is 492 g/mol. The van der Waals surface area contributed by atoms with Crippen LogP contribution < -0.4 is 5.32 Å². The predicted molar refractivity (Wildman–Crippen MR) is 114 cm³/mol. The lowest BCUT2D eigenvalue weighted by Crippen LogP contribution is -2.21. The number of halogens is 1. The Hall–Kier alpha value is -2.98. The number of hydrogen-bond donors (Lipinski definition) is 1. The van der Waals surface area contributed by atoms with E-state index in [4.69, 9.17) is 14.0 Å². The highest BCUT2D eigenvalue weighted by Crippen LogP contribution is 2.44. The van der Waals surface area contributed by atoms with Gasteiger partial charge in [-0.3, -0.25) is 4.79 Å². The maximum Gasteiger partial charge on any atom is 0.377 e. The lowest BCUT2D eigenvalue weighted by Gasteiger charge is -2.09. The van der Waals surface area contributed by atoms with Crippen LogP contribution in [0, 0.1) is 6.92 Å². The van der Waals surface area contributed by atoms with Crippen LogP contribution >= 0.6 is 27.3 Å². The van der Waals surface area contributed by atoms with Gasteiger partial charge in [0.1, 0.15) is 10.6 Å². The lowest BCUT2D eigenvalue weighted by molar-refractivity contribution is -0.119. The van der Waals surface area contributed by atoms with Gasteiger partial charge in [-0.25, -0.2) is 9.59 Å². The molecule has 8 nitrogen and oxygen atoms in total. The minimum absolute atomic E-state index is 0.0993. The quantitative estimate of drug-likeness (QED) is 0.485. The maximum absolute atomic E-state index is 12.6. The molecule has 0 spiro atoms. The van der Waals surface area contributed by atoms with Crippen molar-refractivity contribution in [1.82, 2.24) is 5.16 Å². The second-order valence-electron chi connectivity index (χ2n) is 6.00. The molecule has 3 aromatic rings. The van der Waals surface area contributed by atoms with Gasteiger partial charge in [0.05, 0.1) is 16.1 Å². The molecule has 30 heavy (non-hydrogen) atoms. The summed E-state index contributed by atoms with van der Waals surface area (Å²) in [5, 5.41) is 6.50. The van der Waals surface area contributed by atoms with Gasteiger partial charge < -0.3 is 19.3 Å². The predicted octanol–water partition coefficient (Wildman–Crippen LogP) is 4.45. The van der Waals surface area contributed by atoms with Gasteiger partial charge in [0, 0.05) is 11.6 Å². The number of ether oxygens (including phenoxy) is 2. The van der Waals surface area contributed by atoms with Gasteiger partial charge in [-0.05, 0) is 35.3 Å². The number of esters is 2. The van der Waals surface area contributed by atoms with Crippen LogP contribution in [0.2, 0.25) is 0 Å². The smallest absolute Gasteiger partial charge is 0.377 e. The van der Waals surface area contributed by atoms with Gasteiger partial charge in [0.25, 0.3) is 5.91 Å². The Bertz CT molecular complexity index is 1080.